The number of benzene rings is 2. The molecule has 1 amide bonds. The summed E-state index contributed by atoms with van der Waals surface area (Å²) in [4.78, 5) is 44.9. The van der Waals surface area contributed by atoms with E-state index >= 15 is 0 Å². The maximum Gasteiger partial charge on any atom is 0.450 e. The number of hydrogen-bond donors (Lipinski definition) is 0. The predicted octanol–water partition coefficient (Wildman–Crippen LogP) is 4.59. The van der Waals surface area contributed by atoms with E-state index in [2.05, 4.69) is 32.5 Å². The Morgan fingerprint density at radius 1 is 1.13 bits per heavy atom. The summed E-state index contributed by atoms with van der Waals surface area (Å²) < 4.78 is 51.0. The van der Waals surface area contributed by atoms with Gasteiger partial charge in [-0.3, -0.25) is 14.2 Å². The summed E-state index contributed by atoms with van der Waals surface area (Å²) in [6.45, 7) is 4.90. The SMILES string of the molecule is C=CC(=O)N1CCN(c2nc(OC[C@@H]3CCCN3C)nc3c(=O)n(-c4cccc5cccc(Cl)c45)c(C(F)(F)F)nc23)C[C@@H]1CC#N. The maximum atomic E-state index is 14.8. The zero-order valence-corrected chi connectivity index (χ0v) is 26.1. The van der Waals surface area contributed by atoms with Crippen molar-refractivity contribution in [1.29, 1.82) is 5.26 Å². The van der Waals surface area contributed by atoms with Gasteiger partial charge in [-0.05, 0) is 50.0 Å². The van der Waals surface area contributed by atoms with Crippen LogP contribution in [0.25, 0.3) is 27.5 Å². The summed E-state index contributed by atoms with van der Waals surface area (Å²) in [6, 6.07) is 10.7. The van der Waals surface area contributed by atoms with Gasteiger partial charge in [0.2, 0.25) is 11.7 Å². The van der Waals surface area contributed by atoms with Crippen LogP contribution < -0.4 is 15.2 Å². The molecule has 2 aliphatic heterocycles. The highest BCUT2D eigenvalue weighted by Crippen LogP contribution is 2.36. The summed E-state index contributed by atoms with van der Waals surface area (Å²) in [5, 5.41) is 10.4. The molecule has 2 aromatic carbocycles. The molecule has 2 saturated heterocycles. The molecule has 0 saturated carbocycles. The number of likely N-dealkylation sites (N-methyl/N-ethyl adjacent to an activating group) is 1. The van der Waals surface area contributed by atoms with Gasteiger partial charge in [-0.2, -0.15) is 28.4 Å². The molecule has 4 aromatic rings. The van der Waals surface area contributed by atoms with Gasteiger partial charge in [0.05, 0.1) is 29.2 Å². The minimum absolute atomic E-state index is 0.0368. The first-order chi connectivity index (χ1) is 22.5. The number of hydrogen-bond acceptors (Lipinski definition) is 9. The van der Waals surface area contributed by atoms with Crippen molar-refractivity contribution in [3.8, 4) is 17.8 Å². The second-order valence-corrected chi connectivity index (χ2v) is 11.9. The third kappa shape index (κ3) is 6.08. The summed E-state index contributed by atoms with van der Waals surface area (Å²) in [5.41, 5.74) is -1.96. The number of fused-ring (bicyclic) bond motifs is 2. The third-order valence-electron chi connectivity index (χ3n) is 8.65. The Morgan fingerprint density at radius 3 is 2.57 bits per heavy atom. The lowest BCUT2D eigenvalue weighted by Gasteiger charge is -2.40. The number of likely N-dealkylation sites (tertiary alicyclic amines) is 1. The average molecular weight is 667 g/mol. The Balaban J connectivity index is 1.57. The fourth-order valence-corrected chi connectivity index (χ4v) is 6.57. The number of rotatable bonds is 7. The highest BCUT2D eigenvalue weighted by atomic mass is 35.5. The number of halogens is 4. The minimum atomic E-state index is -5.07. The van der Waals surface area contributed by atoms with E-state index in [4.69, 9.17) is 16.3 Å². The summed E-state index contributed by atoms with van der Waals surface area (Å²) in [7, 11) is 1.96. The fraction of sp³-hybridized carbons (Fsp3) is 0.375. The van der Waals surface area contributed by atoms with E-state index < -0.39 is 23.6 Å². The number of aromatic nitrogens is 4. The Kier molecular flexibility index (Phi) is 8.78. The molecular formula is C32H30ClF3N8O3. The van der Waals surface area contributed by atoms with Crippen molar-refractivity contribution < 1.29 is 22.7 Å². The molecule has 47 heavy (non-hydrogen) atoms. The van der Waals surface area contributed by atoms with E-state index in [1.807, 2.05) is 7.05 Å². The van der Waals surface area contributed by atoms with Gasteiger partial charge in [0.15, 0.2) is 11.3 Å². The summed E-state index contributed by atoms with van der Waals surface area (Å²) >= 11 is 6.47. The van der Waals surface area contributed by atoms with Crippen molar-refractivity contribution in [2.24, 2.45) is 0 Å². The normalized spacial score (nSPS) is 18.9. The number of nitriles is 1. The first-order valence-electron chi connectivity index (χ1n) is 15.0. The summed E-state index contributed by atoms with van der Waals surface area (Å²) in [5.74, 6) is -1.93. The topological polar surface area (TPSA) is 120 Å². The standard InChI is InChI=1S/C32H30ClF3N8O3/c1-3-24(45)43-16-15-42(17-20(43)12-13-37)28-26-27(39-31(40-28)47-18-21-9-6-14-41(21)2)29(46)44(30(38-26)32(34,35)36)23-11-5-8-19-7-4-10-22(33)25(19)23/h3-5,7-8,10-11,20-21H,1,6,9,12,14-18H2,2H3/t20-,21-/m0/s1. The minimum Gasteiger partial charge on any atom is -0.462 e. The maximum absolute atomic E-state index is 14.8. The number of alkyl halides is 3. The molecule has 2 fully saturated rings. The highest BCUT2D eigenvalue weighted by molar-refractivity contribution is 6.36. The Labute approximate surface area is 272 Å². The molecule has 244 valence electrons. The van der Waals surface area contributed by atoms with Gasteiger partial charge < -0.3 is 19.4 Å². The Morgan fingerprint density at radius 2 is 1.89 bits per heavy atom. The van der Waals surface area contributed by atoms with E-state index in [1.165, 1.54) is 23.1 Å². The van der Waals surface area contributed by atoms with Gasteiger partial charge in [0, 0.05) is 31.1 Å². The molecule has 0 spiro atoms. The number of piperazine rings is 1. The van der Waals surface area contributed by atoms with Crippen LogP contribution in [0.3, 0.4) is 0 Å². The first kappa shape index (κ1) is 32.2. The van der Waals surface area contributed by atoms with Crippen LogP contribution in [0.15, 0.2) is 53.8 Å². The van der Waals surface area contributed by atoms with E-state index in [0.717, 1.165) is 25.5 Å². The van der Waals surface area contributed by atoms with Crippen molar-refractivity contribution in [3.63, 3.8) is 0 Å². The molecule has 2 aliphatic rings. The number of nitrogens with zero attached hydrogens (tertiary/aromatic N) is 8. The first-order valence-corrected chi connectivity index (χ1v) is 15.4. The second kappa shape index (κ2) is 12.8. The van der Waals surface area contributed by atoms with Crippen molar-refractivity contribution in [1.82, 2.24) is 29.3 Å². The largest absolute Gasteiger partial charge is 0.462 e. The number of ether oxygens (including phenoxy) is 1. The van der Waals surface area contributed by atoms with Crippen LogP contribution in [0.2, 0.25) is 5.02 Å². The van der Waals surface area contributed by atoms with E-state index in [0.29, 0.717) is 9.95 Å². The van der Waals surface area contributed by atoms with Gasteiger partial charge in [-0.15, -0.1) is 0 Å². The van der Waals surface area contributed by atoms with Crippen LogP contribution in [-0.4, -0.2) is 87.1 Å². The zero-order valence-electron chi connectivity index (χ0n) is 25.4. The molecule has 6 rings (SSSR count). The second-order valence-electron chi connectivity index (χ2n) is 11.5. The molecule has 4 heterocycles. The van der Waals surface area contributed by atoms with E-state index in [-0.39, 0.29) is 83.6 Å². The van der Waals surface area contributed by atoms with E-state index in [9.17, 15) is 28.0 Å². The van der Waals surface area contributed by atoms with Gasteiger partial charge in [-0.1, -0.05) is 42.4 Å². The van der Waals surface area contributed by atoms with Gasteiger partial charge >= 0.3 is 12.2 Å². The smallest absolute Gasteiger partial charge is 0.450 e. The van der Waals surface area contributed by atoms with Gasteiger partial charge in [-0.25, -0.2) is 4.98 Å². The molecule has 0 bridgehead atoms. The molecule has 0 unspecified atom stereocenters. The molecule has 2 atom stereocenters. The van der Waals surface area contributed by atoms with Crippen molar-refractivity contribution in [2.45, 2.75) is 37.5 Å². The molecule has 2 aromatic heterocycles. The number of carbonyl (C=O) groups excluding carboxylic acids is 1. The molecule has 0 radical (unpaired) electrons. The van der Waals surface area contributed by atoms with E-state index in [1.54, 1.807) is 23.1 Å². The van der Waals surface area contributed by atoms with Crippen molar-refractivity contribution in [2.75, 3.05) is 44.7 Å². The number of anilines is 1. The predicted molar refractivity (Wildman–Crippen MR) is 170 cm³/mol. The molecular weight excluding hydrogens is 637 g/mol. The number of carbonyl (C=O) groups is 1. The Hall–Kier alpha value is -4.74. The summed E-state index contributed by atoms with van der Waals surface area (Å²) in [6.07, 6.45) is -2.13. The number of amides is 1. The molecule has 15 heteroatoms. The third-order valence-corrected chi connectivity index (χ3v) is 8.96. The van der Waals surface area contributed by atoms with Crippen molar-refractivity contribution >= 4 is 45.1 Å². The van der Waals surface area contributed by atoms with Gasteiger partial charge in [0.25, 0.3) is 5.56 Å². The van der Waals surface area contributed by atoms with Gasteiger partial charge in [0.1, 0.15) is 12.1 Å². The molecule has 11 nitrogen and oxygen atoms in total. The van der Waals surface area contributed by atoms with Crippen LogP contribution in [0.4, 0.5) is 19.0 Å². The lowest BCUT2D eigenvalue weighted by Crippen LogP contribution is -2.55. The fourth-order valence-electron chi connectivity index (χ4n) is 6.29. The van der Waals surface area contributed by atoms with Crippen molar-refractivity contribution in [3.05, 3.63) is 70.3 Å². The van der Waals surface area contributed by atoms with Crippen LogP contribution in [0.1, 0.15) is 25.1 Å². The van der Waals surface area contributed by atoms with Crippen LogP contribution in [0, 0.1) is 11.3 Å². The van der Waals surface area contributed by atoms with Crippen LogP contribution >= 0.6 is 11.6 Å². The average Bonchev–Trinajstić information content (AvgIpc) is 3.47. The lowest BCUT2D eigenvalue weighted by molar-refractivity contribution is -0.146. The lowest BCUT2D eigenvalue weighted by atomic mass is 10.1. The monoisotopic (exact) mass is 666 g/mol. The van der Waals surface area contributed by atoms with Crippen LogP contribution in [0.5, 0.6) is 6.01 Å². The quantitative estimate of drug-likeness (QED) is 0.261. The molecule has 0 aliphatic carbocycles. The highest BCUT2D eigenvalue weighted by Gasteiger charge is 2.40. The van der Waals surface area contributed by atoms with Crippen LogP contribution in [-0.2, 0) is 11.0 Å². The zero-order chi connectivity index (χ0) is 33.5. The Bertz CT molecular complexity index is 1970. The molecule has 0 N–H and O–H groups in total.